The normalized spacial score (nSPS) is 21.3. The molecule has 1 saturated heterocycles. The summed E-state index contributed by atoms with van der Waals surface area (Å²) in [6, 6.07) is -0.337. The van der Waals surface area contributed by atoms with Crippen LogP contribution in [0.15, 0.2) is 12.4 Å². The van der Waals surface area contributed by atoms with Crippen molar-refractivity contribution in [2.45, 2.75) is 44.2 Å². The SMILES string of the molecule is Nc1cnc(CN2C(=O)NC3(CCCCC3)C2=O)cn1. The summed E-state index contributed by atoms with van der Waals surface area (Å²) in [6.07, 6.45) is 7.42. The highest BCUT2D eigenvalue weighted by atomic mass is 16.2. The molecule has 1 aromatic rings. The number of carbonyl (C=O) groups is 2. The van der Waals surface area contributed by atoms with Crippen molar-refractivity contribution < 1.29 is 9.59 Å². The monoisotopic (exact) mass is 275 g/mol. The van der Waals surface area contributed by atoms with Crippen LogP contribution in [0.25, 0.3) is 0 Å². The molecule has 3 rings (SSSR count). The minimum absolute atomic E-state index is 0.138. The van der Waals surface area contributed by atoms with Gasteiger partial charge in [0.05, 0.1) is 24.6 Å². The highest BCUT2D eigenvalue weighted by Gasteiger charge is 2.51. The number of nitrogens with two attached hydrogens (primary N) is 1. The van der Waals surface area contributed by atoms with Crippen molar-refractivity contribution in [3.63, 3.8) is 0 Å². The molecule has 0 aromatic carbocycles. The third kappa shape index (κ3) is 2.09. The lowest BCUT2D eigenvalue weighted by molar-refractivity contribution is -0.132. The molecule has 1 saturated carbocycles. The Morgan fingerprint density at radius 3 is 2.60 bits per heavy atom. The van der Waals surface area contributed by atoms with E-state index in [2.05, 4.69) is 15.3 Å². The third-order valence-corrected chi connectivity index (χ3v) is 4.00. The molecule has 2 heterocycles. The highest BCUT2D eigenvalue weighted by Crippen LogP contribution is 2.34. The topological polar surface area (TPSA) is 101 Å². The summed E-state index contributed by atoms with van der Waals surface area (Å²) in [6.45, 7) is 0.139. The molecule has 3 amide bonds. The van der Waals surface area contributed by atoms with Gasteiger partial charge in [-0.25, -0.2) is 9.78 Å². The molecular weight excluding hydrogens is 258 g/mol. The quantitative estimate of drug-likeness (QED) is 0.778. The molecule has 7 heteroatoms. The lowest BCUT2D eigenvalue weighted by atomic mass is 9.82. The van der Waals surface area contributed by atoms with Gasteiger partial charge in [-0.1, -0.05) is 19.3 Å². The van der Waals surface area contributed by atoms with E-state index in [9.17, 15) is 9.59 Å². The molecule has 1 aliphatic heterocycles. The van der Waals surface area contributed by atoms with Crippen LogP contribution >= 0.6 is 0 Å². The van der Waals surface area contributed by atoms with Crippen LogP contribution in [0.4, 0.5) is 10.6 Å². The fraction of sp³-hybridized carbons (Fsp3) is 0.538. The van der Waals surface area contributed by atoms with E-state index in [0.717, 1.165) is 32.1 Å². The first-order chi connectivity index (χ1) is 9.61. The minimum Gasteiger partial charge on any atom is -0.382 e. The van der Waals surface area contributed by atoms with Gasteiger partial charge in [0.2, 0.25) is 0 Å². The summed E-state index contributed by atoms with van der Waals surface area (Å²) in [4.78, 5) is 33.8. The largest absolute Gasteiger partial charge is 0.382 e. The molecule has 3 N–H and O–H groups in total. The molecule has 106 valence electrons. The zero-order valence-electron chi connectivity index (χ0n) is 11.1. The number of aromatic nitrogens is 2. The maximum Gasteiger partial charge on any atom is 0.325 e. The number of hydrogen-bond donors (Lipinski definition) is 2. The Bertz CT molecular complexity index is 536. The van der Waals surface area contributed by atoms with E-state index in [0.29, 0.717) is 11.5 Å². The Labute approximate surface area is 116 Å². The summed E-state index contributed by atoms with van der Waals surface area (Å²) in [5.41, 5.74) is 5.34. The first-order valence-electron chi connectivity index (χ1n) is 6.81. The lowest BCUT2D eigenvalue weighted by Crippen LogP contribution is -2.48. The maximum absolute atomic E-state index is 12.5. The van der Waals surface area contributed by atoms with E-state index in [1.54, 1.807) is 0 Å². The van der Waals surface area contributed by atoms with Gasteiger partial charge in [-0.3, -0.25) is 14.7 Å². The number of rotatable bonds is 2. The average Bonchev–Trinajstić information content (AvgIpc) is 2.67. The predicted octanol–water partition coefficient (Wildman–Crippen LogP) is 0.813. The number of carbonyl (C=O) groups excluding carboxylic acids is 2. The van der Waals surface area contributed by atoms with Gasteiger partial charge in [-0.15, -0.1) is 0 Å². The Hall–Kier alpha value is -2.18. The van der Waals surface area contributed by atoms with Crippen LogP contribution in [-0.4, -0.2) is 32.3 Å². The third-order valence-electron chi connectivity index (χ3n) is 4.00. The highest BCUT2D eigenvalue weighted by molar-refractivity contribution is 6.07. The molecule has 0 unspecified atom stereocenters. The summed E-state index contributed by atoms with van der Waals surface area (Å²) < 4.78 is 0. The average molecular weight is 275 g/mol. The van der Waals surface area contributed by atoms with Crippen LogP contribution in [0.3, 0.4) is 0 Å². The number of imide groups is 1. The van der Waals surface area contributed by atoms with Gasteiger partial charge in [0.25, 0.3) is 5.91 Å². The van der Waals surface area contributed by atoms with E-state index in [-0.39, 0.29) is 18.5 Å². The van der Waals surface area contributed by atoms with E-state index >= 15 is 0 Å². The summed E-state index contributed by atoms with van der Waals surface area (Å²) in [5, 5.41) is 2.87. The molecule has 0 bridgehead atoms. The van der Waals surface area contributed by atoms with Crippen molar-refractivity contribution in [1.82, 2.24) is 20.2 Å². The van der Waals surface area contributed by atoms with Gasteiger partial charge in [-0.05, 0) is 12.8 Å². The Kier molecular flexibility index (Phi) is 3.04. The van der Waals surface area contributed by atoms with Gasteiger partial charge >= 0.3 is 6.03 Å². The predicted molar refractivity (Wildman–Crippen MR) is 71.3 cm³/mol. The van der Waals surface area contributed by atoms with E-state index in [1.807, 2.05) is 0 Å². The van der Waals surface area contributed by atoms with Gasteiger partial charge in [0, 0.05) is 0 Å². The van der Waals surface area contributed by atoms with Crippen LogP contribution in [0.2, 0.25) is 0 Å². The molecule has 1 spiro atoms. The van der Waals surface area contributed by atoms with Crippen molar-refractivity contribution in [3.8, 4) is 0 Å². The van der Waals surface area contributed by atoms with Crippen LogP contribution in [0, 0.1) is 0 Å². The Balaban J connectivity index is 1.78. The first kappa shape index (κ1) is 12.8. The molecule has 2 fully saturated rings. The van der Waals surface area contributed by atoms with Crippen molar-refractivity contribution in [3.05, 3.63) is 18.1 Å². The van der Waals surface area contributed by atoms with Crippen molar-refractivity contribution in [1.29, 1.82) is 0 Å². The van der Waals surface area contributed by atoms with E-state index in [4.69, 9.17) is 5.73 Å². The zero-order valence-corrected chi connectivity index (χ0v) is 11.1. The number of anilines is 1. The Morgan fingerprint density at radius 2 is 1.95 bits per heavy atom. The molecule has 1 aromatic heterocycles. The lowest BCUT2D eigenvalue weighted by Gasteiger charge is -2.30. The summed E-state index contributed by atoms with van der Waals surface area (Å²) >= 11 is 0. The molecule has 1 aliphatic carbocycles. The second-order valence-electron chi connectivity index (χ2n) is 5.40. The van der Waals surface area contributed by atoms with Gasteiger partial charge < -0.3 is 11.1 Å². The molecule has 0 atom stereocenters. The van der Waals surface area contributed by atoms with Crippen molar-refractivity contribution in [2.75, 3.05) is 5.73 Å². The van der Waals surface area contributed by atoms with Crippen LogP contribution < -0.4 is 11.1 Å². The zero-order chi connectivity index (χ0) is 14.2. The smallest absolute Gasteiger partial charge is 0.325 e. The van der Waals surface area contributed by atoms with Crippen LogP contribution in [-0.2, 0) is 11.3 Å². The molecule has 20 heavy (non-hydrogen) atoms. The van der Waals surface area contributed by atoms with Crippen LogP contribution in [0.5, 0.6) is 0 Å². The fourth-order valence-corrected chi connectivity index (χ4v) is 2.92. The standard InChI is InChI=1S/C13H17N5O2/c14-10-7-15-9(6-16-10)8-18-11(19)13(17-12(18)20)4-2-1-3-5-13/h6-7H,1-5,8H2,(H2,14,16)(H,17,20). The first-order valence-corrected chi connectivity index (χ1v) is 6.81. The number of nitrogens with one attached hydrogen (secondary N) is 1. The van der Waals surface area contributed by atoms with E-state index in [1.165, 1.54) is 17.3 Å². The minimum atomic E-state index is -0.684. The fourth-order valence-electron chi connectivity index (χ4n) is 2.92. The molecule has 2 aliphatic rings. The van der Waals surface area contributed by atoms with Gasteiger partial charge in [0.15, 0.2) is 0 Å². The second kappa shape index (κ2) is 4.73. The van der Waals surface area contributed by atoms with Crippen molar-refractivity contribution >= 4 is 17.8 Å². The Morgan fingerprint density at radius 1 is 1.20 bits per heavy atom. The second-order valence-corrected chi connectivity index (χ2v) is 5.40. The number of hydrogen-bond acceptors (Lipinski definition) is 5. The molecule has 7 nitrogen and oxygen atoms in total. The number of amides is 3. The summed E-state index contributed by atoms with van der Waals surface area (Å²) in [5.74, 6) is 0.176. The molecule has 0 radical (unpaired) electrons. The van der Waals surface area contributed by atoms with E-state index < -0.39 is 5.54 Å². The number of nitrogen functional groups attached to an aromatic ring is 1. The molecular formula is C13H17N5O2. The number of nitrogens with zero attached hydrogens (tertiary/aromatic N) is 3. The summed E-state index contributed by atoms with van der Waals surface area (Å²) in [7, 11) is 0. The van der Waals surface area contributed by atoms with Gasteiger partial charge in [-0.2, -0.15) is 0 Å². The van der Waals surface area contributed by atoms with Gasteiger partial charge in [0.1, 0.15) is 11.4 Å². The van der Waals surface area contributed by atoms with Crippen LogP contribution in [0.1, 0.15) is 37.8 Å². The van der Waals surface area contributed by atoms with Crippen molar-refractivity contribution in [2.24, 2.45) is 0 Å². The number of urea groups is 1. The maximum atomic E-state index is 12.5.